The van der Waals surface area contributed by atoms with Gasteiger partial charge >= 0.3 is 0 Å². The molecule has 1 unspecified atom stereocenters. The quantitative estimate of drug-likeness (QED) is 0.469. The lowest BCUT2D eigenvalue weighted by atomic mass is 10.1. The van der Waals surface area contributed by atoms with Gasteiger partial charge in [-0.25, -0.2) is 0 Å². The number of ether oxygens (including phenoxy) is 1. The Morgan fingerprint density at radius 1 is 1.55 bits per heavy atom. The van der Waals surface area contributed by atoms with Crippen molar-refractivity contribution >= 4 is 0 Å². The molecule has 0 saturated heterocycles. The third kappa shape index (κ3) is 7.56. The van der Waals surface area contributed by atoms with Crippen LogP contribution in [0.1, 0.15) is 20.3 Å². The Labute approximate surface area is 69.4 Å². The third-order valence-electron chi connectivity index (χ3n) is 1.34. The summed E-state index contributed by atoms with van der Waals surface area (Å²) >= 11 is 0. The van der Waals surface area contributed by atoms with E-state index < -0.39 is 0 Å². The minimum absolute atomic E-state index is 0.176. The molecule has 0 aromatic carbocycles. The molecule has 2 nitrogen and oxygen atoms in total. The normalized spacial score (nSPS) is 13.5. The predicted molar refractivity (Wildman–Crippen MR) is 48.4 cm³/mol. The van der Waals surface area contributed by atoms with Gasteiger partial charge in [-0.3, -0.25) is 0 Å². The van der Waals surface area contributed by atoms with Crippen molar-refractivity contribution in [3.63, 3.8) is 0 Å². The first kappa shape index (κ1) is 10.7. The second-order valence-electron chi connectivity index (χ2n) is 3.22. The zero-order chi connectivity index (χ0) is 8.69. The average molecular weight is 157 g/mol. The van der Waals surface area contributed by atoms with E-state index in [2.05, 4.69) is 20.4 Å². The van der Waals surface area contributed by atoms with Gasteiger partial charge in [0.15, 0.2) is 0 Å². The Balaban J connectivity index is 3.21. The van der Waals surface area contributed by atoms with Crippen molar-refractivity contribution in [2.45, 2.75) is 26.3 Å². The summed E-state index contributed by atoms with van der Waals surface area (Å²) < 4.78 is 5.20. The van der Waals surface area contributed by atoms with Gasteiger partial charge in [0.05, 0.1) is 13.2 Å². The molecule has 0 aliphatic heterocycles. The molecular formula is C9H19NO. The summed E-state index contributed by atoms with van der Waals surface area (Å²) in [5.41, 5.74) is 5.76. The summed E-state index contributed by atoms with van der Waals surface area (Å²) in [5, 5.41) is 0. The molecule has 0 rings (SSSR count). The Kier molecular flexibility index (Phi) is 6.18. The highest BCUT2D eigenvalue weighted by atomic mass is 16.5. The molecule has 0 spiro atoms. The van der Waals surface area contributed by atoms with Gasteiger partial charge in [-0.05, 0) is 12.3 Å². The van der Waals surface area contributed by atoms with Crippen LogP contribution in [-0.4, -0.2) is 19.3 Å². The lowest BCUT2D eigenvalue weighted by Crippen LogP contribution is -2.27. The monoisotopic (exact) mass is 157 g/mol. The first-order valence-corrected chi connectivity index (χ1v) is 4.11. The first-order valence-electron chi connectivity index (χ1n) is 4.11. The maximum absolute atomic E-state index is 5.76. The second-order valence-corrected chi connectivity index (χ2v) is 3.22. The first-order chi connectivity index (χ1) is 5.16. The minimum Gasteiger partial charge on any atom is -0.376 e. The van der Waals surface area contributed by atoms with E-state index in [-0.39, 0.29) is 6.04 Å². The molecule has 0 aliphatic carbocycles. The van der Waals surface area contributed by atoms with E-state index in [4.69, 9.17) is 10.5 Å². The minimum atomic E-state index is 0.176. The van der Waals surface area contributed by atoms with Crippen LogP contribution >= 0.6 is 0 Å². The van der Waals surface area contributed by atoms with Crippen LogP contribution in [0.3, 0.4) is 0 Å². The van der Waals surface area contributed by atoms with E-state index in [0.717, 1.165) is 6.42 Å². The van der Waals surface area contributed by atoms with Gasteiger partial charge < -0.3 is 10.5 Å². The van der Waals surface area contributed by atoms with Crippen molar-refractivity contribution in [2.75, 3.05) is 13.2 Å². The van der Waals surface area contributed by atoms with Crippen LogP contribution in [0.4, 0.5) is 0 Å². The predicted octanol–water partition coefficient (Wildman–Crippen LogP) is 1.56. The number of hydrogen-bond donors (Lipinski definition) is 1. The molecule has 0 bridgehead atoms. The maximum Gasteiger partial charge on any atom is 0.0645 e. The van der Waals surface area contributed by atoms with Gasteiger partial charge in [0.2, 0.25) is 0 Å². The zero-order valence-electron chi connectivity index (χ0n) is 7.55. The smallest absolute Gasteiger partial charge is 0.0645 e. The fourth-order valence-corrected chi connectivity index (χ4v) is 0.976. The summed E-state index contributed by atoms with van der Waals surface area (Å²) in [4.78, 5) is 0. The lowest BCUT2D eigenvalue weighted by molar-refractivity contribution is 0.140. The number of rotatable bonds is 6. The van der Waals surface area contributed by atoms with E-state index in [1.807, 2.05) is 0 Å². The van der Waals surface area contributed by atoms with Crippen molar-refractivity contribution in [3.8, 4) is 0 Å². The Hall–Kier alpha value is -0.340. The maximum atomic E-state index is 5.76. The largest absolute Gasteiger partial charge is 0.376 e. The number of nitrogens with two attached hydrogens (primary N) is 1. The molecule has 1 atom stereocenters. The molecule has 0 heterocycles. The van der Waals surface area contributed by atoms with Crippen molar-refractivity contribution in [2.24, 2.45) is 11.7 Å². The van der Waals surface area contributed by atoms with E-state index in [9.17, 15) is 0 Å². The molecule has 11 heavy (non-hydrogen) atoms. The molecule has 2 N–H and O–H groups in total. The van der Waals surface area contributed by atoms with Crippen LogP contribution in [0, 0.1) is 5.92 Å². The second kappa shape index (κ2) is 6.38. The lowest BCUT2D eigenvalue weighted by Gasteiger charge is -2.13. The van der Waals surface area contributed by atoms with E-state index in [1.54, 1.807) is 6.08 Å². The SMILES string of the molecule is C=CCOCC(N)CC(C)C. The van der Waals surface area contributed by atoms with Crippen molar-refractivity contribution in [1.82, 2.24) is 0 Å². The molecular weight excluding hydrogens is 138 g/mol. The van der Waals surface area contributed by atoms with E-state index in [0.29, 0.717) is 19.1 Å². The summed E-state index contributed by atoms with van der Waals surface area (Å²) in [7, 11) is 0. The number of hydrogen-bond acceptors (Lipinski definition) is 2. The van der Waals surface area contributed by atoms with Crippen LogP contribution in [0.5, 0.6) is 0 Å². The van der Waals surface area contributed by atoms with Gasteiger partial charge in [0.1, 0.15) is 0 Å². The molecule has 0 aromatic rings. The van der Waals surface area contributed by atoms with Gasteiger partial charge in [-0.2, -0.15) is 0 Å². The van der Waals surface area contributed by atoms with Gasteiger partial charge in [0.25, 0.3) is 0 Å². The van der Waals surface area contributed by atoms with Crippen molar-refractivity contribution < 1.29 is 4.74 Å². The van der Waals surface area contributed by atoms with E-state index >= 15 is 0 Å². The van der Waals surface area contributed by atoms with Crippen LogP contribution in [0.2, 0.25) is 0 Å². The van der Waals surface area contributed by atoms with Gasteiger partial charge in [-0.1, -0.05) is 19.9 Å². The topological polar surface area (TPSA) is 35.2 Å². The summed E-state index contributed by atoms with van der Waals surface area (Å²) in [6, 6.07) is 0.176. The van der Waals surface area contributed by atoms with Gasteiger partial charge in [0, 0.05) is 6.04 Å². The Morgan fingerprint density at radius 3 is 2.64 bits per heavy atom. The fourth-order valence-electron chi connectivity index (χ4n) is 0.976. The highest BCUT2D eigenvalue weighted by Crippen LogP contribution is 2.02. The van der Waals surface area contributed by atoms with E-state index in [1.165, 1.54) is 0 Å². The molecule has 66 valence electrons. The molecule has 2 heteroatoms. The average Bonchev–Trinajstić information content (AvgIpc) is 1.86. The third-order valence-corrected chi connectivity index (χ3v) is 1.34. The summed E-state index contributed by atoms with van der Waals surface area (Å²) in [5.74, 6) is 0.650. The molecule has 0 aromatic heterocycles. The molecule has 0 fully saturated rings. The van der Waals surface area contributed by atoms with Gasteiger partial charge in [-0.15, -0.1) is 6.58 Å². The molecule has 0 aliphatic rings. The summed E-state index contributed by atoms with van der Waals surface area (Å²) in [6.07, 6.45) is 2.76. The van der Waals surface area contributed by atoms with Crippen molar-refractivity contribution in [3.05, 3.63) is 12.7 Å². The Bertz CT molecular complexity index is 102. The van der Waals surface area contributed by atoms with Crippen LogP contribution in [0.25, 0.3) is 0 Å². The molecule has 0 radical (unpaired) electrons. The zero-order valence-corrected chi connectivity index (χ0v) is 7.55. The Morgan fingerprint density at radius 2 is 2.18 bits per heavy atom. The highest BCUT2D eigenvalue weighted by molar-refractivity contribution is 4.67. The van der Waals surface area contributed by atoms with Crippen LogP contribution in [-0.2, 0) is 4.74 Å². The highest BCUT2D eigenvalue weighted by Gasteiger charge is 2.04. The standard InChI is InChI=1S/C9H19NO/c1-4-5-11-7-9(10)6-8(2)3/h4,8-9H,1,5-7,10H2,2-3H3. The van der Waals surface area contributed by atoms with Crippen LogP contribution < -0.4 is 5.73 Å². The molecule has 0 amide bonds. The summed E-state index contributed by atoms with van der Waals surface area (Å²) in [6.45, 7) is 9.12. The van der Waals surface area contributed by atoms with Crippen LogP contribution in [0.15, 0.2) is 12.7 Å². The van der Waals surface area contributed by atoms with Crippen molar-refractivity contribution in [1.29, 1.82) is 0 Å². The fraction of sp³-hybridized carbons (Fsp3) is 0.778. The molecule has 0 saturated carbocycles.